The number of aryl methyl sites for hydroxylation is 1. The number of ether oxygens (including phenoxy) is 1. The average molecular weight is 250 g/mol. The van der Waals surface area contributed by atoms with E-state index in [0.717, 1.165) is 12.2 Å². The molecule has 100 valence electrons. The summed E-state index contributed by atoms with van der Waals surface area (Å²) in [6.07, 6.45) is 0.958. The molecule has 4 heteroatoms. The van der Waals surface area contributed by atoms with E-state index in [-0.39, 0.29) is 12.5 Å². The van der Waals surface area contributed by atoms with Crippen molar-refractivity contribution in [1.82, 2.24) is 4.90 Å². The molecule has 0 aliphatic heterocycles. The summed E-state index contributed by atoms with van der Waals surface area (Å²) in [6.45, 7) is 5.81. The SMILES string of the molecule is CCc1cccc(OCC(=O)N(CC)CCN)c1. The Labute approximate surface area is 109 Å². The van der Waals surface area contributed by atoms with Gasteiger partial charge in [-0.05, 0) is 31.0 Å². The molecule has 1 amide bonds. The first kappa shape index (κ1) is 14.5. The summed E-state index contributed by atoms with van der Waals surface area (Å²) in [5, 5.41) is 0. The zero-order valence-electron chi connectivity index (χ0n) is 11.2. The Bertz CT molecular complexity index is 380. The Morgan fingerprint density at radius 1 is 1.39 bits per heavy atom. The monoisotopic (exact) mass is 250 g/mol. The fourth-order valence-corrected chi connectivity index (χ4v) is 1.71. The fraction of sp³-hybridized carbons (Fsp3) is 0.500. The van der Waals surface area contributed by atoms with E-state index in [1.807, 2.05) is 31.2 Å². The van der Waals surface area contributed by atoms with Crippen molar-refractivity contribution in [2.24, 2.45) is 5.73 Å². The topological polar surface area (TPSA) is 55.6 Å². The number of nitrogens with zero attached hydrogens (tertiary/aromatic N) is 1. The maximum Gasteiger partial charge on any atom is 0.260 e. The third-order valence-electron chi connectivity index (χ3n) is 2.80. The van der Waals surface area contributed by atoms with Gasteiger partial charge in [0, 0.05) is 19.6 Å². The molecule has 0 aliphatic rings. The van der Waals surface area contributed by atoms with Crippen LogP contribution >= 0.6 is 0 Å². The molecular weight excluding hydrogens is 228 g/mol. The van der Waals surface area contributed by atoms with E-state index in [4.69, 9.17) is 10.5 Å². The van der Waals surface area contributed by atoms with Crippen LogP contribution in [0.1, 0.15) is 19.4 Å². The van der Waals surface area contributed by atoms with E-state index < -0.39 is 0 Å². The van der Waals surface area contributed by atoms with Gasteiger partial charge in [0.1, 0.15) is 5.75 Å². The number of nitrogens with two attached hydrogens (primary N) is 1. The summed E-state index contributed by atoms with van der Waals surface area (Å²) in [6, 6.07) is 7.82. The maximum absolute atomic E-state index is 11.8. The van der Waals surface area contributed by atoms with Crippen molar-refractivity contribution >= 4 is 5.91 Å². The van der Waals surface area contributed by atoms with Crippen LogP contribution in [0.4, 0.5) is 0 Å². The van der Waals surface area contributed by atoms with Gasteiger partial charge < -0.3 is 15.4 Å². The first-order valence-corrected chi connectivity index (χ1v) is 6.40. The molecule has 0 bridgehead atoms. The molecular formula is C14H22N2O2. The van der Waals surface area contributed by atoms with Gasteiger partial charge in [-0.25, -0.2) is 0 Å². The van der Waals surface area contributed by atoms with Crippen LogP contribution in [0, 0.1) is 0 Å². The average Bonchev–Trinajstić information content (AvgIpc) is 2.42. The molecule has 0 radical (unpaired) electrons. The second kappa shape index (κ2) is 7.71. The standard InChI is InChI=1S/C14H22N2O2/c1-3-12-6-5-7-13(10-12)18-11-14(17)16(4-2)9-8-15/h5-7,10H,3-4,8-9,11,15H2,1-2H3. The number of benzene rings is 1. The summed E-state index contributed by atoms with van der Waals surface area (Å²) >= 11 is 0. The minimum absolute atomic E-state index is 0.0233. The van der Waals surface area contributed by atoms with Crippen LogP contribution in [0.25, 0.3) is 0 Å². The molecule has 0 saturated heterocycles. The van der Waals surface area contributed by atoms with Crippen LogP contribution in [0.5, 0.6) is 5.75 Å². The van der Waals surface area contributed by atoms with Gasteiger partial charge in [-0.15, -0.1) is 0 Å². The predicted molar refractivity (Wildman–Crippen MR) is 72.6 cm³/mol. The number of amides is 1. The highest BCUT2D eigenvalue weighted by Crippen LogP contribution is 2.13. The van der Waals surface area contributed by atoms with Gasteiger partial charge in [-0.3, -0.25) is 4.79 Å². The van der Waals surface area contributed by atoms with E-state index in [9.17, 15) is 4.79 Å². The third-order valence-corrected chi connectivity index (χ3v) is 2.80. The second-order valence-electron chi connectivity index (χ2n) is 4.05. The largest absolute Gasteiger partial charge is 0.484 e. The van der Waals surface area contributed by atoms with Crippen molar-refractivity contribution in [2.45, 2.75) is 20.3 Å². The minimum atomic E-state index is -0.0233. The lowest BCUT2D eigenvalue weighted by Crippen LogP contribution is -2.38. The number of carbonyl (C=O) groups is 1. The number of hydrogen-bond donors (Lipinski definition) is 1. The number of carbonyl (C=O) groups excluding carboxylic acids is 1. The number of hydrogen-bond acceptors (Lipinski definition) is 3. The molecule has 0 saturated carbocycles. The lowest BCUT2D eigenvalue weighted by Gasteiger charge is -2.20. The van der Waals surface area contributed by atoms with E-state index in [2.05, 4.69) is 6.92 Å². The van der Waals surface area contributed by atoms with Crippen molar-refractivity contribution in [3.05, 3.63) is 29.8 Å². The van der Waals surface area contributed by atoms with Crippen molar-refractivity contribution in [2.75, 3.05) is 26.2 Å². The van der Waals surface area contributed by atoms with Crippen molar-refractivity contribution < 1.29 is 9.53 Å². The van der Waals surface area contributed by atoms with Gasteiger partial charge in [0.25, 0.3) is 5.91 Å². The van der Waals surface area contributed by atoms with Crippen LogP contribution in [-0.4, -0.2) is 37.0 Å². The number of rotatable bonds is 7. The van der Waals surface area contributed by atoms with Crippen LogP contribution in [-0.2, 0) is 11.2 Å². The lowest BCUT2D eigenvalue weighted by atomic mass is 10.2. The fourth-order valence-electron chi connectivity index (χ4n) is 1.71. The van der Waals surface area contributed by atoms with Crippen molar-refractivity contribution in [3.8, 4) is 5.75 Å². The molecule has 2 N–H and O–H groups in total. The summed E-state index contributed by atoms with van der Waals surface area (Å²) in [5.41, 5.74) is 6.66. The van der Waals surface area contributed by atoms with Crippen molar-refractivity contribution in [3.63, 3.8) is 0 Å². The molecule has 4 nitrogen and oxygen atoms in total. The van der Waals surface area contributed by atoms with Crippen LogP contribution < -0.4 is 10.5 Å². The highest BCUT2D eigenvalue weighted by molar-refractivity contribution is 5.77. The van der Waals surface area contributed by atoms with Gasteiger partial charge in [0.15, 0.2) is 6.61 Å². The van der Waals surface area contributed by atoms with E-state index in [1.54, 1.807) is 4.90 Å². The molecule has 0 aromatic heterocycles. The molecule has 0 aliphatic carbocycles. The predicted octanol–water partition coefficient (Wildman–Crippen LogP) is 1.43. The van der Waals surface area contributed by atoms with Gasteiger partial charge in [0.05, 0.1) is 0 Å². The molecule has 0 spiro atoms. The zero-order chi connectivity index (χ0) is 13.4. The van der Waals surface area contributed by atoms with Gasteiger partial charge >= 0.3 is 0 Å². The van der Waals surface area contributed by atoms with Crippen LogP contribution in [0.15, 0.2) is 24.3 Å². The molecule has 0 fully saturated rings. The zero-order valence-corrected chi connectivity index (χ0v) is 11.2. The van der Waals surface area contributed by atoms with Gasteiger partial charge in [0.2, 0.25) is 0 Å². The first-order valence-electron chi connectivity index (χ1n) is 6.40. The molecule has 18 heavy (non-hydrogen) atoms. The molecule has 1 aromatic carbocycles. The normalized spacial score (nSPS) is 10.2. The highest BCUT2D eigenvalue weighted by atomic mass is 16.5. The highest BCUT2D eigenvalue weighted by Gasteiger charge is 2.11. The Morgan fingerprint density at radius 3 is 2.78 bits per heavy atom. The summed E-state index contributed by atoms with van der Waals surface area (Å²) in [4.78, 5) is 13.5. The van der Waals surface area contributed by atoms with E-state index in [0.29, 0.717) is 19.6 Å². The van der Waals surface area contributed by atoms with E-state index in [1.165, 1.54) is 5.56 Å². The minimum Gasteiger partial charge on any atom is -0.484 e. The summed E-state index contributed by atoms with van der Waals surface area (Å²) < 4.78 is 5.51. The Hall–Kier alpha value is -1.55. The Kier molecular flexibility index (Phi) is 6.22. The van der Waals surface area contributed by atoms with E-state index >= 15 is 0 Å². The molecule has 1 rings (SSSR count). The molecule has 1 aromatic rings. The quantitative estimate of drug-likeness (QED) is 0.796. The van der Waals surface area contributed by atoms with Crippen LogP contribution in [0.3, 0.4) is 0 Å². The molecule has 0 unspecified atom stereocenters. The van der Waals surface area contributed by atoms with Gasteiger partial charge in [-0.1, -0.05) is 19.1 Å². The third kappa shape index (κ3) is 4.37. The first-order chi connectivity index (χ1) is 8.71. The van der Waals surface area contributed by atoms with Crippen molar-refractivity contribution in [1.29, 1.82) is 0 Å². The van der Waals surface area contributed by atoms with Gasteiger partial charge in [-0.2, -0.15) is 0 Å². The molecule has 0 atom stereocenters. The summed E-state index contributed by atoms with van der Waals surface area (Å²) in [5.74, 6) is 0.719. The molecule has 0 heterocycles. The smallest absolute Gasteiger partial charge is 0.260 e. The number of likely N-dealkylation sites (N-methyl/N-ethyl adjacent to an activating group) is 1. The lowest BCUT2D eigenvalue weighted by molar-refractivity contribution is -0.133. The summed E-state index contributed by atoms with van der Waals surface area (Å²) in [7, 11) is 0. The Balaban J connectivity index is 2.50. The maximum atomic E-state index is 11.8. The Morgan fingerprint density at radius 2 is 2.17 bits per heavy atom. The van der Waals surface area contributed by atoms with Crippen LogP contribution in [0.2, 0.25) is 0 Å². The second-order valence-corrected chi connectivity index (χ2v) is 4.05.